The number of fused-ring (bicyclic) bond motifs is 2. The first-order valence-electron chi connectivity index (χ1n) is 9.66. The Morgan fingerprint density at radius 3 is 1.91 bits per heavy atom. The molecule has 0 bridgehead atoms. The molecule has 0 amide bonds. The zero-order valence-electron chi connectivity index (χ0n) is 16.5. The monoisotopic (exact) mass is 508 g/mol. The highest BCUT2D eigenvalue weighted by Crippen LogP contribution is 2.52. The average molecular weight is 509 g/mol. The largest absolute Gasteiger partial charge is 0.481 e. The number of benzene rings is 4. The van der Waals surface area contributed by atoms with Gasteiger partial charge in [0.25, 0.3) is 0 Å². The third-order valence-corrected chi connectivity index (χ3v) is 7.45. The molecule has 1 aliphatic carbocycles. The van der Waals surface area contributed by atoms with Crippen molar-refractivity contribution in [3.05, 3.63) is 64.9 Å². The molecule has 0 fully saturated rings. The van der Waals surface area contributed by atoms with Crippen molar-refractivity contribution >= 4 is 77.7 Å². The van der Waals surface area contributed by atoms with Gasteiger partial charge in [-0.05, 0) is 43.9 Å². The molecule has 8 nitrogen and oxygen atoms in total. The van der Waals surface area contributed by atoms with Crippen LogP contribution in [-0.2, 0) is 18.7 Å². The number of carboxylic acid groups (broad SMARTS) is 4. The Morgan fingerprint density at radius 2 is 1.36 bits per heavy atom. The van der Waals surface area contributed by atoms with Gasteiger partial charge in [-0.3, -0.25) is 9.59 Å². The Labute approximate surface area is 192 Å². The number of hydrogen-bond donors (Lipinski definition) is 4. The van der Waals surface area contributed by atoms with E-state index in [1.54, 1.807) is 24.3 Å². The van der Waals surface area contributed by atoms with Gasteiger partial charge >= 0.3 is 23.9 Å². The lowest BCUT2D eigenvalue weighted by atomic mass is 9.70. The summed E-state index contributed by atoms with van der Waals surface area (Å²) in [5.74, 6) is -8.58. The molecule has 164 valence electrons. The van der Waals surface area contributed by atoms with Gasteiger partial charge in [0.2, 0.25) is 0 Å². The van der Waals surface area contributed by atoms with Gasteiger partial charge in [-0.2, -0.15) is 0 Å². The van der Waals surface area contributed by atoms with Crippen molar-refractivity contribution in [1.82, 2.24) is 0 Å². The molecule has 0 radical (unpaired) electrons. The lowest BCUT2D eigenvalue weighted by Crippen LogP contribution is -2.49. The predicted molar refractivity (Wildman–Crippen MR) is 122 cm³/mol. The van der Waals surface area contributed by atoms with E-state index in [0.717, 1.165) is 5.39 Å². The van der Waals surface area contributed by atoms with Gasteiger partial charge in [-0.1, -0.05) is 58.4 Å². The Morgan fingerprint density at radius 1 is 0.758 bits per heavy atom. The molecule has 2 unspecified atom stereocenters. The first-order chi connectivity index (χ1) is 15.6. The van der Waals surface area contributed by atoms with Gasteiger partial charge < -0.3 is 20.4 Å². The molecule has 4 N–H and O–H groups in total. The van der Waals surface area contributed by atoms with Crippen molar-refractivity contribution in [3.63, 3.8) is 0 Å². The molecule has 0 aliphatic heterocycles. The molecule has 0 aromatic heterocycles. The van der Waals surface area contributed by atoms with Gasteiger partial charge in [0.1, 0.15) is 5.92 Å². The normalized spacial score (nSPS) is 19.8. The summed E-state index contributed by atoms with van der Waals surface area (Å²) in [6.45, 7) is 0. The molecule has 0 saturated heterocycles. The van der Waals surface area contributed by atoms with Gasteiger partial charge in [0, 0.05) is 5.22 Å². The van der Waals surface area contributed by atoms with Crippen molar-refractivity contribution < 1.29 is 39.6 Å². The summed E-state index contributed by atoms with van der Waals surface area (Å²) in [5.41, 5.74) is -1.20. The molecule has 1 aliphatic rings. The van der Waals surface area contributed by atoms with E-state index >= 15 is 0 Å². The number of halogens is 1. The maximum atomic E-state index is 12.7. The quantitative estimate of drug-likeness (QED) is 0.186. The minimum absolute atomic E-state index is 0.0183. The maximum absolute atomic E-state index is 12.7. The van der Waals surface area contributed by atoms with Crippen molar-refractivity contribution in [3.8, 4) is 0 Å². The van der Waals surface area contributed by atoms with Gasteiger partial charge in [0.05, 0.1) is 11.1 Å². The molecule has 4 aromatic carbocycles. The predicted octanol–water partition coefficient (Wildman–Crippen LogP) is 3.19. The van der Waals surface area contributed by atoms with Crippen molar-refractivity contribution in [2.75, 3.05) is 0 Å². The van der Waals surface area contributed by atoms with E-state index < -0.39 is 45.3 Å². The lowest BCUT2D eigenvalue weighted by Gasteiger charge is -2.36. The molecule has 0 saturated carbocycles. The second kappa shape index (κ2) is 6.76. The molecule has 9 heteroatoms. The number of aromatic carboxylic acids is 1. The summed E-state index contributed by atoms with van der Waals surface area (Å²) in [6.07, 6.45) is 0. The lowest BCUT2D eigenvalue weighted by molar-refractivity contribution is -0.150. The summed E-state index contributed by atoms with van der Waals surface area (Å²) in [5, 5.41) is 42.9. The molecule has 0 heterocycles. The van der Waals surface area contributed by atoms with Crippen LogP contribution in [0.15, 0.2) is 48.5 Å². The molecule has 4 aromatic rings. The number of carboxylic acids is 4. The molecule has 2 atom stereocenters. The number of alkyl halides is 1. The third kappa shape index (κ3) is 2.51. The zero-order chi connectivity index (χ0) is 23.8. The molecule has 33 heavy (non-hydrogen) atoms. The maximum Gasteiger partial charge on any atom is 0.336 e. The van der Waals surface area contributed by atoms with Gasteiger partial charge in [0.15, 0.2) is 4.32 Å². The second-order valence-electron chi connectivity index (χ2n) is 7.81. The minimum atomic E-state index is -2.37. The van der Waals surface area contributed by atoms with Crippen LogP contribution in [0.25, 0.3) is 37.9 Å². The molecular weight excluding hydrogens is 496 g/mol. The average Bonchev–Trinajstić information content (AvgIpc) is 2.76. The smallest absolute Gasteiger partial charge is 0.336 e. The van der Waals surface area contributed by atoms with E-state index in [2.05, 4.69) is 15.9 Å². The number of rotatable bonds is 4. The van der Waals surface area contributed by atoms with Crippen LogP contribution in [0.3, 0.4) is 0 Å². The minimum Gasteiger partial charge on any atom is -0.481 e. The summed E-state index contributed by atoms with van der Waals surface area (Å²) in [6, 6.07) is 13.2. The van der Waals surface area contributed by atoms with E-state index in [1.165, 1.54) is 12.1 Å². The fraction of sp³-hybridized carbons (Fsp3) is 0.0833. The Hall–Kier alpha value is -3.98. The Kier molecular flexibility index (Phi) is 4.28. The summed E-state index contributed by atoms with van der Waals surface area (Å²) in [4.78, 5) is 49.5. The fourth-order valence-corrected chi connectivity index (χ4v) is 5.91. The highest BCUT2D eigenvalue weighted by Gasteiger charge is 2.57. The Bertz CT molecular complexity index is 1650. The highest BCUT2D eigenvalue weighted by molar-refractivity contribution is 9.10. The van der Waals surface area contributed by atoms with Crippen LogP contribution in [0.5, 0.6) is 0 Å². The molecule has 0 spiro atoms. The molecular formula is C24H13BrO8. The molecule has 5 rings (SSSR count). The van der Waals surface area contributed by atoms with Crippen molar-refractivity contribution in [2.24, 2.45) is 5.92 Å². The number of aliphatic carboxylic acids is 3. The van der Waals surface area contributed by atoms with Crippen LogP contribution in [0.4, 0.5) is 0 Å². The van der Waals surface area contributed by atoms with Crippen LogP contribution in [0.2, 0.25) is 0 Å². The topological polar surface area (TPSA) is 149 Å². The van der Waals surface area contributed by atoms with E-state index in [-0.39, 0.29) is 16.2 Å². The van der Waals surface area contributed by atoms with E-state index in [9.17, 15) is 39.6 Å². The first-order valence-corrected chi connectivity index (χ1v) is 10.5. The summed E-state index contributed by atoms with van der Waals surface area (Å²) >= 11 is 3.13. The standard InChI is InChI=1S/C24H13BrO8/c25-24(23(32)33)18-12-6-2-4-9-3-1-5-10(14(9)12)11-7-8-13(20(26)27)15(16(11)18)17(21(28)29)19(24)22(30)31/h1-8,19H,(H,26,27)(H,28,29)(H,30,31)(H,32,33). The van der Waals surface area contributed by atoms with Crippen LogP contribution in [0, 0.1) is 5.92 Å². The third-order valence-electron chi connectivity index (χ3n) is 6.26. The highest BCUT2D eigenvalue weighted by atomic mass is 79.9. The van der Waals surface area contributed by atoms with Crippen LogP contribution in [-0.4, -0.2) is 44.3 Å². The fourth-order valence-electron chi connectivity index (χ4n) is 5.07. The van der Waals surface area contributed by atoms with Gasteiger partial charge in [-0.25, -0.2) is 9.59 Å². The van der Waals surface area contributed by atoms with Crippen LogP contribution < -0.4 is 5.22 Å². The summed E-state index contributed by atoms with van der Waals surface area (Å²) in [7, 11) is 0. The number of hydrogen-bond acceptors (Lipinski definition) is 4. The van der Waals surface area contributed by atoms with E-state index in [4.69, 9.17) is 0 Å². The number of carbonyl (C=O) groups is 4. The van der Waals surface area contributed by atoms with Gasteiger partial charge in [-0.15, -0.1) is 0 Å². The van der Waals surface area contributed by atoms with Crippen molar-refractivity contribution in [2.45, 2.75) is 4.32 Å². The SMILES string of the molecule is O=C(O)C1=c2c(C(=O)O)ccc3c2c(c2cccc4cccc3c42)C(Br)(C(=O)O)C1C(=O)O. The second-order valence-corrected chi connectivity index (χ2v) is 9.06. The Balaban J connectivity index is 2.28. The van der Waals surface area contributed by atoms with E-state index in [1.807, 2.05) is 12.1 Å². The van der Waals surface area contributed by atoms with Crippen LogP contribution >= 0.6 is 15.9 Å². The van der Waals surface area contributed by atoms with Crippen LogP contribution in [0.1, 0.15) is 15.9 Å². The first kappa shape index (κ1) is 20.9. The zero-order valence-corrected chi connectivity index (χ0v) is 18.1. The summed E-state index contributed by atoms with van der Waals surface area (Å²) < 4.78 is -2.37. The van der Waals surface area contributed by atoms with Crippen molar-refractivity contribution in [1.29, 1.82) is 0 Å². The van der Waals surface area contributed by atoms with E-state index in [0.29, 0.717) is 21.5 Å².